The Kier molecular flexibility index (Phi) is 7.97. The van der Waals surface area contributed by atoms with Crippen molar-refractivity contribution in [2.24, 2.45) is 0 Å². The summed E-state index contributed by atoms with van der Waals surface area (Å²) in [5.41, 5.74) is 3.35. The van der Waals surface area contributed by atoms with Crippen LogP contribution in [0, 0.1) is 6.92 Å². The summed E-state index contributed by atoms with van der Waals surface area (Å²) in [6.45, 7) is 10.1. The molecule has 0 fully saturated rings. The first kappa shape index (κ1) is 25.7. The van der Waals surface area contributed by atoms with Crippen LogP contribution in [-0.4, -0.2) is 46.9 Å². The molecule has 1 unspecified atom stereocenters. The highest BCUT2D eigenvalue weighted by molar-refractivity contribution is 7.92. The first-order chi connectivity index (χ1) is 16.1. The van der Waals surface area contributed by atoms with Gasteiger partial charge in [-0.3, -0.25) is 9.10 Å². The number of nitrogens with zero attached hydrogens (tertiary/aromatic N) is 1. The normalized spacial score (nSPS) is 14.0. The molecule has 1 aliphatic rings. The number of rotatable bonds is 9. The molecule has 0 aliphatic carbocycles. The van der Waals surface area contributed by atoms with Crippen LogP contribution in [-0.2, 0) is 14.8 Å². The molecule has 34 heavy (non-hydrogen) atoms. The first-order valence-corrected chi connectivity index (χ1v) is 13.1. The lowest BCUT2D eigenvalue weighted by Gasteiger charge is -2.27. The molecule has 2 aromatic rings. The lowest BCUT2D eigenvalue weighted by atomic mass is 9.93. The van der Waals surface area contributed by atoms with Crippen molar-refractivity contribution in [1.29, 1.82) is 0 Å². The van der Waals surface area contributed by atoms with Crippen molar-refractivity contribution in [3.05, 3.63) is 47.0 Å². The van der Waals surface area contributed by atoms with Crippen LogP contribution >= 0.6 is 0 Å². The molecular formula is C25H34N2O6S. The fraction of sp³-hybridized carbons (Fsp3) is 0.480. The highest BCUT2D eigenvalue weighted by atomic mass is 32.2. The number of fused-ring (bicyclic) bond motifs is 1. The van der Waals surface area contributed by atoms with Gasteiger partial charge in [-0.1, -0.05) is 13.8 Å². The van der Waals surface area contributed by atoms with Gasteiger partial charge in [0.1, 0.15) is 25.5 Å². The zero-order valence-electron chi connectivity index (χ0n) is 20.7. The average Bonchev–Trinajstić information content (AvgIpc) is 2.81. The Morgan fingerprint density at radius 1 is 1.09 bits per heavy atom. The fourth-order valence-corrected chi connectivity index (χ4v) is 5.06. The molecule has 186 valence electrons. The molecule has 0 saturated carbocycles. The zero-order chi connectivity index (χ0) is 25.0. The summed E-state index contributed by atoms with van der Waals surface area (Å²) in [5.74, 6) is 1.54. The van der Waals surface area contributed by atoms with Crippen LogP contribution < -0.4 is 23.8 Å². The summed E-state index contributed by atoms with van der Waals surface area (Å²) >= 11 is 0. The number of benzene rings is 2. The number of hydrogen-bond donors (Lipinski definition) is 1. The number of aryl methyl sites for hydroxylation is 1. The van der Waals surface area contributed by atoms with Gasteiger partial charge in [0, 0.05) is 6.07 Å². The maximum Gasteiger partial charge on any atom is 0.241 e. The van der Waals surface area contributed by atoms with Gasteiger partial charge in [0.05, 0.1) is 24.6 Å². The van der Waals surface area contributed by atoms with Crippen LogP contribution in [0.1, 0.15) is 56.3 Å². The van der Waals surface area contributed by atoms with Crippen molar-refractivity contribution in [2.75, 3.05) is 36.9 Å². The molecule has 0 bridgehead atoms. The molecule has 1 heterocycles. The van der Waals surface area contributed by atoms with Gasteiger partial charge in [0.25, 0.3) is 0 Å². The van der Waals surface area contributed by atoms with Crippen LogP contribution in [0.4, 0.5) is 5.69 Å². The summed E-state index contributed by atoms with van der Waals surface area (Å²) in [6.07, 6.45) is 0. The molecule has 0 spiro atoms. The van der Waals surface area contributed by atoms with Gasteiger partial charge in [-0.05, 0) is 67.6 Å². The summed E-state index contributed by atoms with van der Waals surface area (Å²) in [5, 5.41) is 2.96. The molecule has 8 nitrogen and oxygen atoms in total. The molecule has 1 aliphatic heterocycles. The van der Waals surface area contributed by atoms with Crippen LogP contribution in [0.25, 0.3) is 0 Å². The Morgan fingerprint density at radius 3 is 2.38 bits per heavy atom. The number of methoxy groups -OCH3 is 1. The van der Waals surface area contributed by atoms with E-state index < -0.39 is 15.9 Å². The molecular weight excluding hydrogens is 456 g/mol. The maximum absolute atomic E-state index is 13.0. The second kappa shape index (κ2) is 10.5. The lowest BCUT2D eigenvalue weighted by molar-refractivity contribution is -0.120. The highest BCUT2D eigenvalue weighted by Gasteiger charge is 2.26. The van der Waals surface area contributed by atoms with E-state index >= 15 is 0 Å². The molecule has 9 heteroatoms. The quantitative estimate of drug-likeness (QED) is 0.572. The second-order valence-corrected chi connectivity index (χ2v) is 10.8. The minimum absolute atomic E-state index is 0.139. The van der Waals surface area contributed by atoms with E-state index in [4.69, 9.17) is 14.2 Å². The third-order valence-corrected chi connectivity index (χ3v) is 7.63. The standard InChI is InChI=1S/C25H34N2O6S/c1-7-34(29,30)27(19-8-9-22-24(13-19)33-11-10-32-22)15-25(28)26-18(5)21-14-20(16(2)3)23(31-6)12-17(21)4/h8-9,12-14,16,18H,7,10-11,15H2,1-6H3,(H,26,28). The van der Waals surface area contributed by atoms with Gasteiger partial charge in [-0.15, -0.1) is 0 Å². The largest absolute Gasteiger partial charge is 0.496 e. The highest BCUT2D eigenvalue weighted by Crippen LogP contribution is 2.35. The van der Waals surface area contributed by atoms with E-state index in [0.717, 1.165) is 26.7 Å². The number of hydrogen-bond acceptors (Lipinski definition) is 6. The topological polar surface area (TPSA) is 94.2 Å². The molecule has 1 N–H and O–H groups in total. The SMILES string of the molecule is CCS(=O)(=O)N(CC(=O)NC(C)c1cc(C(C)C)c(OC)cc1C)c1ccc2c(c1)OCCO2. The Hall–Kier alpha value is -2.94. The van der Waals surface area contributed by atoms with Crippen molar-refractivity contribution in [3.8, 4) is 17.2 Å². The molecule has 2 aromatic carbocycles. The Labute approximate surface area is 202 Å². The van der Waals surface area contributed by atoms with E-state index in [1.165, 1.54) is 0 Å². The molecule has 0 saturated heterocycles. The van der Waals surface area contributed by atoms with E-state index in [1.54, 1.807) is 32.2 Å². The number of carbonyl (C=O) groups excluding carboxylic acids is 1. The van der Waals surface area contributed by atoms with Gasteiger partial charge in [0.15, 0.2) is 11.5 Å². The number of anilines is 1. The number of carbonyl (C=O) groups is 1. The van der Waals surface area contributed by atoms with Gasteiger partial charge in [-0.2, -0.15) is 0 Å². The summed E-state index contributed by atoms with van der Waals surface area (Å²) in [4.78, 5) is 13.0. The smallest absolute Gasteiger partial charge is 0.241 e. The number of sulfonamides is 1. The first-order valence-electron chi connectivity index (χ1n) is 11.4. The van der Waals surface area contributed by atoms with Gasteiger partial charge in [-0.25, -0.2) is 8.42 Å². The molecule has 0 radical (unpaired) electrons. The van der Waals surface area contributed by atoms with Gasteiger partial charge < -0.3 is 19.5 Å². The van der Waals surface area contributed by atoms with Crippen molar-refractivity contribution in [1.82, 2.24) is 5.32 Å². The molecule has 1 atom stereocenters. The van der Waals surface area contributed by atoms with Crippen LogP contribution in [0.15, 0.2) is 30.3 Å². The van der Waals surface area contributed by atoms with Crippen LogP contribution in [0.2, 0.25) is 0 Å². The van der Waals surface area contributed by atoms with Crippen LogP contribution in [0.5, 0.6) is 17.2 Å². The monoisotopic (exact) mass is 490 g/mol. The van der Waals surface area contributed by atoms with Gasteiger partial charge >= 0.3 is 0 Å². The van der Waals surface area contributed by atoms with Crippen molar-refractivity contribution in [3.63, 3.8) is 0 Å². The van der Waals surface area contributed by atoms with E-state index in [2.05, 4.69) is 19.2 Å². The number of ether oxygens (including phenoxy) is 3. The predicted molar refractivity (Wildman–Crippen MR) is 133 cm³/mol. The minimum Gasteiger partial charge on any atom is -0.496 e. The van der Waals surface area contributed by atoms with E-state index in [1.807, 2.05) is 26.0 Å². The Balaban J connectivity index is 1.84. The lowest BCUT2D eigenvalue weighted by Crippen LogP contribution is -2.42. The van der Waals surface area contributed by atoms with Crippen LogP contribution in [0.3, 0.4) is 0 Å². The average molecular weight is 491 g/mol. The molecule has 0 aromatic heterocycles. The number of nitrogens with one attached hydrogen (secondary N) is 1. The zero-order valence-corrected chi connectivity index (χ0v) is 21.5. The molecule has 3 rings (SSSR count). The summed E-state index contributed by atoms with van der Waals surface area (Å²) in [7, 11) is -2.07. The Morgan fingerprint density at radius 2 is 1.76 bits per heavy atom. The van der Waals surface area contributed by atoms with E-state index in [9.17, 15) is 13.2 Å². The van der Waals surface area contributed by atoms with Crippen molar-refractivity contribution >= 4 is 21.6 Å². The van der Waals surface area contributed by atoms with Crippen molar-refractivity contribution in [2.45, 2.75) is 46.6 Å². The number of amides is 1. The van der Waals surface area contributed by atoms with E-state index in [0.29, 0.717) is 30.4 Å². The maximum atomic E-state index is 13.0. The van der Waals surface area contributed by atoms with Crippen molar-refractivity contribution < 1.29 is 27.4 Å². The fourth-order valence-electron chi connectivity index (χ4n) is 4.00. The second-order valence-electron chi connectivity index (χ2n) is 8.63. The summed E-state index contributed by atoms with van der Waals surface area (Å²) < 4.78 is 43.5. The van der Waals surface area contributed by atoms with Gasteiger partial charge in [0.2, 0.25) is 15.9 Å². The minimum atomic E-state index is -3.71. The predicted octanol–water partition coefficient (Wildman–Crippen LogP) is 3.93. The summed E-state index contributed by atoms with van der Waals surface area (Å²) in [6, 6.07) is 8.58. The third kappa shape index (κ3) is 5.58. The third-order valence-electron chi connectivity index (χ3n) is 5.89. The molecule has 1 amide bonds. The van der Waals surface area contributed by atoms with E-state index in [-0.39, 0.29) is 24.3 Å². The Bertz CT molecular complexity index is 1150.